The predicted molar refractivity (Wildman–Crippen MR) is 219 cm³/mol. The second-order valence-corrected chi connectivity index (χ2v) is 17.3. The van der Waals surface area contributed by atoms with Crippen LogP contribution in [0.15, 0.2) is 0 Å². The summed E-state index contributed by atoms with van der Waals surface area (Å²) >= 11 is 0. The minimum absolute atomic E-state index is 0.0129. The molecule has 0 fully saturated rings. The number of unbranched alkanes of at least 4 members (excludes halogenated alkanes) is 28. The Morgan fingerprint density at radius 2 is 0.868 bits per heavy atom. The van der Waals surface area contributed by atoms with Crippen LogP contribution < -0.4 is 5.32 Å². The average Bonchev–Trinajstić information content (AvgIpc) is 3.12. The van der Waals surface area contributed by atoms with Gasteiger partial charge in [0.05, 0.1) is 12.8 Å². The van der Waals surface area contributed by atoms with E-state index in [9.17, 15) is 23.8 Å². The van der Waals surface area contributed by atoms with Crippen molar-refractivity contribution in [2.45, 2.75) is 232 Å². The fourth-order valence-electron chi connectivity index (χ4n) is 6.54. The van der Waals surface area contributed by atoms with Gasteiger partial charge in [-0.3, -0.25) is 18.9 Å². The van der Waals surface area contributed by atoms with Crippen molar-refractivity contribution in [3.63, 3.8) is 0 Å². The third-order valence-electron chi connectivity index (χ3n) is 9.93. The molecule has 0 spiro atoms. The summed E-state index contributed by atoms with van der Waals surface area (Å²) in [6.45, 7) is 5.23. The van der Waals surface area contributed by atoms with Gasteiger partial charge in [0.15, 0.2) is 6.10 Å². The van der Waals surface area contributed by atoms with E-state index in [1.54, 1.807) is 0 Å². The number of amides is 1. The van der Waals surface area contributed by atoms with Crippen LogP contribution in [0.1, 0.15) is 226 Å². The van der Waals surface area contributed by atoms with Gasteiger partial charge in [-0.2, -0.15) is 0 Å². The average molecular weight is 774 g/mol. The number of hydrogen-bond acceptors (Lipinski definition) is 7. The molecule has 0 saturated carbocycles. The molecule has 1 unspecified atom stereocenters. The van der Waals surface area contributed by atoms with Crippen LogP contribution in [0.25, 0.3) is 0 Å². The predicted octanol–water partition coefficient (Wildman–Crippen LogP) is 12.3. The fraction of sp³-hybridized carbons (Fsp3) is 0.930. The fourth-order valence-corrected chi connectivity index (χ4v) is 7.46. The highest BCUT2D eigenvalue weighted by Gasteiger charge is 2.25. The maximum atomic E-state index is 12.6. The lowest BCUT2D eigenvalue weighted by Gasteiger charge is -2.20. The monoisotopic (exact) mass is 774 g/mol. The summed E-state index contributed by atoms with van der Waals surface area (Å²) in [6.07, 6.45) is 36.6. The van der Waals surface area contributed by atoms with Crippen molar-refractivity contribution < 1.29 is 37.8 Å². The Kier molecular flexibility index (Phi) is 37.8. The van der Waals surface area contributed by atoms with Gasteiger partial charge in [-0.15, -0.1) is 0 Å². The highest BCUT2D eigenvalue weighted by molar-refractivity contribution is 7.52. The summed E-state index contributed by atoms with van der Waals surface area (Å²) in [4.78, 5) is 46.4. The molecule has 0 radical (unpaired) electrons. The molecular formula is C43H84NO8P. The molecule has 0 aromatic carbocycles. The first kappa shape index (κ1) is 51.6. The number of ether oxygens (including phenoxy) is 2. The lowest BCUT2D eigenvalue weighted by molar-refractivity contribution is -0.161. The molecular weight excluding hydrogens is 689 g/mol. The zero-order valence-electron chi connectivity index (χ0n) is 34.8. The zero-order chi connectivity index (χ0) is 39.1. The molecule has 0 rings (SSSR count). The van der Waals surface area contributed by atoms with E-state index in [4.69, 9.17) is 14.0 Å². The number of esters is 2. The van der Waals surface area contributed by atoms with E-state index in [-0.39, 0.29) is 50.6 Å². The van der Waals surface area contributed by atoms with Gasteiger partial charge in [0.2, 0.25) is 5.91 Å². The van der Waals surface area contributed by atoms with E-state index in [1.165, 1.54) is 161 Å². The van der Waals surface area contributed by atoms with Crippen LogP contribution >= 0.6 is 7.60 Å². The molecule has 0 heterocycles. The van der Waals surface area contributed by atoms with E-state index in [0.717, 1.165) is 32.1 Å². The normalized spacial score (nSPS) is 13.1. The topological polar surface area (TPSA) is 128 Å². The van der Waals surface area contributed by atoms with Crippen LogP contribution in [0.2, 0.25) is 0 Å². The highest BCUT2D eigenvalue weighted by atomic mass is 31.2. The number of nitrogens with one attached hydrogen (secondary N) is 1. The molecule has 0 aliphatic carbocycles. The largest absolute Gasteiger partial charge is 0.462 e. The summed E-state index contributed by atoms with van der Waals surface area (Å²) in [5, 5.41) is 2.47. The Morgan fingerprint density at radius 1 is 0.528 bits per heavy atom. The van der Waals surface area contributed by atoms with Gasteiger partial charge in [-0.1, -0.05) is 194 Å². The molecule has 1 amide bonds. The van der Waals surface area contributed by atoms with Gasteiger partial charge in [-0.05, 0) is 12.8 Å². The molecule has 0 aromatic heterocycles. The van der Waals surface area contributed by atoms with E-state index in [1.807, 2.05) is 0 Å². The minimum atomic E-state index is -4.04. The van der Waals surface area contributed by atoms with Gasteiger partial charge in [-0.25, -0.2) is 0 Å². The third-order valence-corrected chi connectivity index (χ3v) is 11.3. The van der Waals surface area contributed by atoms with Gasteiger partial charge in [0.25, 0.3) is 0 Å². The van der Waals surface area contributed by atoms with Crippen molar-refractivity contribution in [1.82, 2.24) is 5.32 Å². The van der Waals surface area contributed by atoms with Crippen molar-refractivity contribution in [3.05, 3.63) is 0 Å². The van der Waals surface area contributed by atoms with E-state index >= 15 is 0 Å². The Labute approximate surface area is 326 Å². The van der Waals surface area contributed by atoms with Gasteiger partial charge >= 0.3 is 19.5 Å². The molecule has 314 valence electrons. The van der Waals surface area contributed by atoms with Crippen molar-refractivity contribution in [3.8, 4) is 0 Å². The molecule has 0 aromatic rings. The number of hydrogen-bond donors (Lipinski definition) is 2. The standard InChI is InChI=1S/C43H84NO8P/c1-4-6-8-10-12-14-16-18-20-22-24-26-28-30-32-34-42(46)50-38-41(39-51-53(48,49)37-36-44-40(3)45)52-43(47)35-33-31-29-27-25-23-21-19-17-15-13-11-9-7-5-2/h41H,4-39H2,1-3H3,(H,44,45)(H,48,49)/t41-/m1/s1. The first-order chi connectivity index (χ1) is 25.7. The first-order valence-corrected chi connectivity index (χ1v) is 24.0. The van der Waals surface area contributed by atoms with Gasteiger partial charge in [0, 0.05) is 26.3 Å². The summed E-state index contributed by atoms with van der Waals surface area (Å²) in [5.74, 6) is -1.12. The maximum Gasteiger partial charge on any atom is 0.330 e. The third kappa shape index (κ3) is 40.1. The molecule has 0 aliphatic heterocycles. The van der Waals surface area contributed by atoms with Crippen LogP contribution in [0.3, 0.4) is 0 Å². The Balaban J connectivity index is 4.23. The lowest BCUT2D eigenvalue weighted by Crippen LogP contribution is -2.30. The van der Waals surface area contributed by atoms with E-state index < -0.39 is 19.7 Å². The van der Waals surface area contributed by atoms with Crippen molar-refractivity contribution in [2.75, 3.05) is 25.9 Å². The summed E-state index contributed by atoms with van der Waals surface area (Å²) in [6, 6.07) is 0. The second kappa shape index (κ2) is 38.8. The summed E-state index contributed by atoms with van der Waals surface area (Å²) < 4.78 is 28.6. The van der Waals surface area contributed by atoms with Crippen molar-refractivity contribution in [2.24, 2.45) is 0 Å². The summed E-state index contributed by atoms with van der Waals surface area (Å²) in [7, 11) is -4.04. The molecule has 0 aliphatic rings. The zero-order valence-corrected chi connectivity index (χ0v) is 35.7. The lowest BCUT2D eigenvalue weighted by atomic mass is 10.0. The molecule has 9 nitrogen and oxygen atoms in total. The minimum Gasteiger partial charge on any atom is -0.462 e. The quantitative estimate of drug-likeness (QED) is 0.0357. The first-order valence-electron chi connectivity index (χ1n) is 22.3. The SMILES string of the molecule is CCCCCCCCCCCCCCCCCC(=O)OC[C@H](COP(=O)(O)CCNC(C)=O)OC(=O)CCCCCCCCCCCCCCCCC. The summed E-state index contributed by atoms with van der Waals surface area (Å²) in [5.41, 5.74) is 0. The molecule has 0 saturated heterocycles. The Hall–Kier alpha value is -1.44. The molecule has 0 bridgehead atoms. The number of rotatable bonds is 41. The van der Waals surface area contributed by atoms with Crippen molar-refractivity contribution >= 4 is 25.4 Å². The van der Waals surface area contributed by atoms with Crippen LogP contribution in [0, 0.1) is 0 Å². The van der Waals surface area contributed by atoms with Crippen molar-refractivity contribution in [1.29, 1.82) is 0 Å². The van der Waals surface area contributed by atoms with Gasteiger partial charge in [0.1, 0.15) is 6.61 Å². The number of carbonyl (C=O) groups excluding carboxylic acids is 3. The van der Waals surface area contributed by atoms with Crippen LogP contribution in [-0.2, 0) is 32.9 Å². The molecule has 53 heavy (non-hydrogen) atoms. The number of carbonyl (C=O) groups is 3. The van der Waals surface area contributed by atoms with E-state index in [0.29, 0.717) is 6.42 Å². The molecule has 10 heteroatoms. The Bertz CT molecular complexity index is 902. The highest BCUT2D eigenvalue weighted by Crippen LogP contribution is 2.41. The molecule has 2 atom stereocenters. The smallest absolute Gasteiger partial charge is 0.330 e. The van der Waals surface area contributed by atoms with Crippen LogP contribution in [-0.4, -0.2) is 54.8 Å². The van der Waals surface area contributed by atoms with E-state index in [2.05, 4.69) is 19.2 Å². The van der Waals surface area contributed by atoms with Gasteiger partial charge < -0.3 is 24.2 Å². The maximum absolute atomic E-state index is 12.6. The molecule has 2 N–H and O–H groups in total. The van der Waals surface area contributed by atoms with Crippen LogP contribution in [0.5, 0.6) is 0 Å². The van der Waals surface area contributed by atoms with Crippen LogP contribution in [0.4, 0.5) is 0 Å². The second-order valence-electron chi connectivity index (χ2n) is 15.3. The Morgan fingerprint density at radius 3 is 1.23 bits per heavy atom.